The molecule has 18 heteroatoms. The van der Waals surface area contributed by atoms with Crippen molar-refractivity contribution in [3.8, 4) is 0 Å². The van der Waals surface area contributed by atoms with E-state index in [9.17, 15) is 22.9 Å². The van der Waals surface area contributed by atoms with E-state index >= 15 is 0 Å². The molecule has 1 aliphatic heterocycles. The summed E-state index contributed by atoms with van der Waals surface area (Å²) in [6.07, 6.45) is 2.43. The van der Waals surface area contributed by atoms with Crippen LogP contribution in [0.25, 0.3) is 0 Å². The predicted molar refractivity (Wildman–Crippen MR) is 137 cm³/mol. The van der Waals surface area contributed by atoms with Crippen molar-refractivity contribution in [2.75, 3.05) is 18.8 Å². The lowest BCUT2D eigenvalue weighted by Gasteiger charge is -2.48. The first-order valence-corrected chi connectivity index (χ1v) is 13.6. The maximum absolute atomic E-state index is 13.3. The van der Waals surface area contributed by atoms with Gasteiger partial charge in [0.05, 0.1) is 30.5 Å². The quantitative estimate of drug-likeness (QED) is 0.0554. The zero-order valence-corrected chi connectivity index (χ0v) is 21.8. The number of thiazole rings is 1. The van der Waals surface area contributed by atoms with Gasteiger partial charge < -0.3 is 32.0 Å². The molecule has 2 aromatic heterocycles. The molecule has 16 nitrogen and oxygen atoms in total. The first-order chi connectivity index (χ1) is 17.9. The van der Waals surface area contributed by atoms with E-state index in [0.717, 1.165) is 11.3 Å². The summed E-state index contributed by atoms with van der Waals surface area (Å²) in [5.41, 5.74) is 10.5. The smallest absolute Gasteiger partial charge is 0.360 e. The highest BCUT2D eigenvalue weighted by Crippen LogP contribution is 2.44. The van der Waals surface area contributed by atoms with Crippen molar-refractivity contribution in [2.45, 2.75) is 43.6 Å². The number of carbonyl (C=O) groups excluding carboxylic acids is 1. The fourth-order valence-electron chi connectivity index (χ4n) is 3.78. The van der Waals surface area contributed by atoms with Gasteiger partial charge in [-0.15, -0.1) is 11.3 Å². The lowest BCUT2D eigenvalue weighted by Crippen LogP contribution is -2.67. The minimum atomic E-state index is -4.70. The SMILES string of the molecule is C=C1C(NC(=O)/C(=N\OC2(C(=C)O)CC2)c2csc(N)n2)C(Cn2ncc(CNCCN)n2)N1S(=O)(=O)O. The number of amides is 1. The van der Waals surface area contributed by atoms with Crippen LogP contribution in [-0.2, 0) is 33.0 Å². The van der Waals surface area contributed by atoms with Gasteiger partial charge >= 0.3 is 10.3 Å². The highest BCUT2D eigenvalue weighted by atomic mass is 32.2. The second-order valence-corrected chi connectivity index (χ2v) is 10.9. The average molecular weight is 569 g/mol. The van der Waals surface area contributed by atoms with E-state index in [1.165, 1.54) is 16.4 Å². The van der Waals surface area contributed by atoms with Gasteiger partial charge in [0.15, 0.2) is 16.4 Å². The van der Waals surface area contributed by atoms with Crippen LogP contribution < -0.4 is 22.1 Å². The van der Waals surface area contributed by atoms with Gasteiger partial charge in [0.2, 0.25) is 0 Å². The Morgan fingerprint density at radius 2 is 2.16 bits per heavy atom. The Morgan fingerprint density at radius 3 is 2.74 bits per heavy atom. The first-order valence-electron chi connectivity index (χ1n) is 11.4. The third kappa shape index (κ3) is 5.78. The zero-order valence-electron chi connectivity index (χ0n) is 20.1. The van der Waals surface area contributed by atoms with Crippen LogP contribution in [0.15, 0.2) is 41.3 Å². The second kappa shape index (κ2) is 10.7. The number of hydrogen-bond acceptors (Lipinski definition) is 13. The molecule has 1 aliphatic carbocycles. The predicted octanol–water partition coefficient (Wildman–Crippen LogP) is -1.12. The van der Waals surface area contributed by atoms with Crippen LogP contribution in [0.3, 0.4) is 0 Å². The monoisotopic (exact) mass is 568 g/mol. The normalized spacial score (nSPS) is 20.6. The number of oxime groups is 1. The molecule has 1 amide bonds. The van der Waals surface area contributed by atoms with Crippen LogP contribution in [0.5, 0.6) is 0 Å². The van der Waals surface area contributed by atoms with E-state index in [1.54, 1.807) is 0 Å². The Bertz CT molecular complexity index is 1370. The molecule has 2 atom stereocenters. The first kappa shape index (κ1) is 27.5. The standard InChI is InChI=1S/C20H28N10O6S2/c1-11-16(15(30(11)38(33,34)35)9-29-24-8-13(27-29)7-23-6-5-21)26-18(32)17(14-10-37-19(22)25-14)28-36-20(3-4-20)12(2)31/h8,10,15-16,23,31H,1-7,9,21H2,(H2,22,25)(H,26,32)(H,33,34,35)/b28-17-. The van der Waals surface area contributed by atoms with E-state index in [-0.39, 0.29) is 34.5 Å². The van der Waals surface area contributed by atoms with Crippen molar-refractivity contribution < 1.29 is 27.7 Å². The van der Waals surface area contributed by atoms with Gasteiger partial charge in [-0.05, 0) is 0 Å². The summed E-state index contributed by atoms with van der Waals surface area (Å²) in [6, 6.07) is -1.95. The molecule has 0 aromatic carbocycles. The summed E-state index contributed by atoms with van der Waals surface area (Å²) in [5, 5.41) is 29.5. The number of aliphatic hydroxyl groups excluding tert-OH is 1. The molecule has 1 saturated carbocycles. The molecule has 38 heavy (non-hydrogen) atoms. The molecule has 0 bridgehead atoms. The number of aromatic nitrogens is 4. The zero-order chi connectivity index (χ0) is 27.7. The maximum atomic E-state index is 13.3. The van der Waals surface area contributed by atoms with Crippen LogP contribution in [0.1, 0.15) is 24.2 Å². The molecule has 8 N–H and O–H groups in total. The topological polar surface area (TPSA) is 236 Å². The fraction of sp³-hybridized carbons (Fsp3) is 0.450. The van der Waals surface area contributed by atoms with Crippen molar-refractivity contribution in [1.29, 1.82) is 0 Å². The van der Waals surface area contributed by atoms with Crippen molar-refractivity contribution in [1.82, 2.24) is 34.9 Å². The van der Waals surface area contributed by atoms with E-state index in [0.29, 0.717) is 42.5 Å². The maximum Gasteiger partial charge on any atom is 0.360 e. The van der Waals surface area contributed by atoms with E-state index < -0.39 is 33.9 Å². The number of carbonyl (C=O) groups is 1. The molecule has 0 spiro atoms. The van der Waals surface area contributed by atoms with Gasteiger partial charge in [-0.25, -0.2) is 9.29 Å². The van der Waals surface area contributed by atoms with Crippen molar-refractivity contribution >= 4 is 38.4 Å². The molecule has 206 valence electrons. The number of nitrogens with two attached hydrogens (primary N) is 2. The number of nitrogens with one attached hydrogen (secondary N) is 2. The van der Waals surface area contributed by atoms with Crippen LogP contribution in [0.4, 0.5) is 5.13 Å². The lowest BCUT2D eigenvalue weighted by atomic mass is 9.95. The molecular weight excluding hydrogens is 540 g/mol. The van der Waals surface area contributed by atoms with Crippen molar-refractivity contribution in [2.24, 2.45) is 10.9 Å². The van der Waals surface area contributed by atoms with Gasteiger partial charge in [0.1, 0.15) is 11.5 Å². The van der Waals surface area contributed by atoms with Gasteiger partial charge in [0, 0.05) is 43.6 Å². The molecule has 3 heterocycles. The van der Waals surface area contributed by atoms with E-state index in [2.05, 4.69) is 44.1 Å². The van der Waals surface area contributed by atoms with Crippen molar-refractivity contribution in [3.05, 3.63) is 47.6 Å². The minimum Gasteiger partial charge on any atom is -0.509 e. The number of anilines is 1. The Hall–Kier alpha value is -3.58. The second-order valence-electron chi connectivity index (χ2n) is 8.68. The minimum absolute atomic E-state index is 0.0803. The third-order valence-corrected chi connectivity index (χ3v) is 7.62. The molecule has 2 unspecified atom stereocenters. The number of nitrogens with zero attached hydrogens (tertiary/aromatic N) is 6. The molecule has 1 saturated heterocycles. The number of rotatable bonds is 13. The molecule has 2 aliphatic rings. The average Bonchev–Trinajstić information content (AvgIpc) is 3.31. The van der Waals surface area contributed by atoms with Gasteiger partial charge in [-0.1, -0.05) is 18.3 Å². The van der Waals surface area contributed by atoms with Gasteiger partial charge in [-0.2, -0.15) is 23.4 Å². The summed E-state index contributed by atoms with van der Waals surface area (Å²) < 4.78 is 34.4. The van der Waals surface area contributed by atoms with E-state index in [4.69, 9.17) is 16.3 Å². The molecule has 2 aromatic rings. The van der Waals surface area contributed by atoms with Crippen LogP contribution in [-0.4, -0.2) is 84.8 Å². The molecule has 4 rings (SSSR count). The largest absolute Gasteiger partial charge is 0.509 e. The lowest BCUT2D eigenvalue weighted by molar-refractivity contribution is -0.116. The summed E-state index contributed by atoms with van der Waals surface area (Å²) in [6.45, 7) is 8.48. The number of nitrogen functional groups attached to an aromatic ring is 1. The Balaban J connectivity index is 1.54. The molecule has 0 radical (unpaired) electrons. The summed E-state index contributed by atoms with van der Waals surface area (Å²) >= 11 is 1.07. The Labute approximate surface area is 221 Å². The Morgan fingerprint density at radius 1 is 1.42 bits per heavy atom. The summed E-state index contributed by atoms with van der Waals surface area (Å²) in [7, 11) is -4.70. The fourth-order valence-corrected chi connectivity index (χ4v) is 5.27. The summed E-state index contributed by atoms with van der Waals surface area (Å²) in [4.78, 5) is 24.1. The highest BCUT2D eigenvalue weighted by Gasteiger charge is 2.51. The molecule has 2 fully saturated rings. The highest BCUT2D eigenvalue weighted by molar-refractivity contribution is 7.83. The van der Waals surface area contributed by atoms with Gasteiger partial charge in [0.25, 0.3) is 5.91 Å². The summed E-state index contributed by atoms with van der Waals surface area (Å²) in [5.74, 6) is -1.000. The Kier molecular flexibility index (Phi) is 7.70. The third-order valence-electron chi connectivity index (χ3n) is 5.95. The van der Waals surface area contributed by atoms with Gasteiger partial charge in [-0.3, -0.25) is 9.35 Å². The van der Waals surface area contributed by atoms with Crippen LogP contribution >= 0.6 is 11.3 Å². The van der Waals surface area contributed by atoms with Crippen molar-refractivity contribution in [3.63, 3.8) is 0 Å². The number of hydrogen-bond donors (Lipinski definition) is 6. The van der Waals surface area contributed by atoms with Crippen LogP contribution in [0.2, 0.25) is 0 Å². The number of aliphatic hydroxyl groups is 1. The van der Waals surface area contributed by atoms with Crippen LogP contribution in [0, 0.1) is 0 Å². The van der Waals surface area contributed by atoms with E-state index in [1.807, 2.05) is 0 Å². The molecular formula is C20H28N10O6S2.